The zero-order valence-electron chi connectivity index (χ0n) is 10.6. The number of ketones is 1. The standard InChI is InChI=1S/C14H9FN2O4/c15-7-3-4-8-9(6-7)17(14(16)20)13(19)11(8)12(18)10-2-1-5-21-10/h1-6,11H,(H2,16,20). The molecule has 2 heterocycles. The van der Waals surface area contributed by atoms with E-state index in [1.54, 1.807) is 0 Å². The number of hydrogen-bond acceptors (Lipinski definition) is 4. The van der Waals surface area contributed by atoms with Gasteiger partial charge in [-0.15, -0.1) is 0 Å². The van der Waals surface area contributed by atoms with E-state index in [0.29, 0.717) is 4.90 Å². The lowest BCUT2D eigenvalue weighted by atomic mass is 9.95. The fourth-order valence-electron chi connectivity index (χ4n) is 2.38. The van der Waals surface area contributed by atoms with Gasteiger partial charge in [0, 0.05) is 0 Å². The number of amides is 3. The van der Waals surface area contributed by atoms with Crippen LogP contribution in [0.3, 0.4) is 0 Å². The number of hydrogen-bond donors (Lipinski definition) is 1. The molecule has 0 fully saturated rings. The first kappa shape index (κ1) is 13.0. The zero-order chi connectivity index (χ0) is 15.1. The minimum Gasteiger partial charge on any atom is -0.461 e. The van der Waals surface area contributed by atoms with Crippen LogP contribution >= 0.6 is 0 Å². The monoisotopic (exact) mass is 288 g/mol. The second-order valence-corrected chi connectivity index (χ2v) is 4.49. The molecule has 6 nitrogen and oxygen atoms in total. The third kappa shape index (κ3) is 1.90. The second kappa shape index (κ2) is 4.55. The number of fused-ring (bicyclic) bond motifs is 1. The predicted molar refractivity (Wildman–Crippen MR) is 69.2 cm³/mol. The summed E-state index contributed by atoms with van der Waals surface area (Å²) in [6.45, 7) is 0. The number of primary amides is 1. The van der Waals surface area contributed by atoms with E-state index in [4.69, 9.17) is 10.2 Å². The molecule has 2 aromatic rings. The number of anilines is 1. The van der Waals surface area contributed by atoms with Crippen LogP contribution in [0.4, 0.5) is 14.9 Å². The molecule has 0 spiro atoms. The Morgan fingerprint density at radius 2 is 2.05 bits per heavy atom. The van der Waals surface area contributed by atoms with Crippen molar-refractivity contribution >= 4 is 23.4 Å². The molecular weight excluding hydrogens is 279 g/mol. The summed E-state index contributed by atoms with van der Waals surface area (Å²) in [5, 5.41) is 0. The number of carbonyl (C=O) groups is 3. The van der Waals surface area contributed by atoms with Crippen molar-refractivity contribution < 1.29 is 23.2 Å². The Bertz CT molecular complexity index is 754. The number of carbonyl (C=O) groups excluding carboxylic acids is 3. The van der Waals surface area contributed by atoms with Gasteiger partial charge in [-0.25, -0.2) is 14.1 Å². The molecule has 0 saturated heterocycles. The molecule has 2 N–H and O–H groups in total. The summed E-state index contributed by atoms with van der Waals surface area (Å²) in [7, 11) is 0. The van der Waals surface area contributed by atoms with Gasteiger partial charge in [0.25, 0.3) is 5.91 Å². The first-order valence-electron chi connectivity index (χ1n) is 6.01. The smallest absolute Gasteiger partial charge is 0.326 e. The molecule has 1 aromatic heterocycles. The van der Waals surface area contributed by atoms with Crippen molar-refractivity contribution in [2.75, 3.05) is 4.90 Å². The highest BCUT2D eigenvalue weighted by Gasteiger charge is 2.45. The van der Waals surface area contributed by atoms with Crippen LogP contribution in [0.2, 0.25) is 0 Å². The topological polar surface area (TPSA) is 93.6 Å². The highest BCUT2D eigenvalue weighted by Crippen LogP contribution is 2.39. The normalized spacial score (nSPS) is 16.9. The molecule has 7 heteroatoms. The Labute approximate surface area is 117 Å². The molecule has 1 aromatic carbocycles. The molecule has 1 atom stereocenters. The lowest BCUT2D eigenvalue weighted by Crippen LogP contribution is -2.40. The van der Waals surface area contributed by atoms with Crippen molar-refractivity contribution in [2.45, 2.75) is 5.92 Å². The number of urea groups is 1. The molecule has 106 valence electrons. The number of halogens is 1. The third-order valence-electron chi connectivity index (χ3n) is 3.26. The Balaban J connectivity index is 2.13. The molecule has 0 saturated carbocycles. The van der Waals surface area contributed by atoms with Gasteiger partial charge in [-0.1, -0.05) is 6.07 Å². The molecule has 21 heavy (non-hydrogen) atoms. The Morgan fingerprint density at radius 1 is 1.29 bits per heavy atom. The second-order valence-electron chi connectivity index (χ2n) is 4.49. The van der Waals surface area contributed by atoms with Gasteiger partial charge in [-0.2, -0.15) is 0 Å². The SMILES string of the molecule is NC(=O)N1C(=O)C(C(=O)c2ccco2)c2ccc(F)cc21. The van der Waals surface area contributed by atoms with Crippen LogP contribution in [-0.2, 0) is 4.79 Å². The molecular formula is C14H9FN2O4. The summed E-state index contributed by atoms with van der Waals surface area (Å²) in [4.78, 5) is 36.7. The van der Waals surface area contributed by atoms with Crippen LogP contribution in [0.5, 0.6) is 0 Å². The van der Waals surface area contributed by atoms with Gasteiger partial charge in [0.15, 0.2) is 5.76 Å². The number of nitrogens with two attached hydrogens (primary N) is 1. The number of imide groups is 1. The average Bonchev–Trinajstić information content (AvgIpc) is 3.02. The molecule has 1 unspecified atom stereocenters. The molecule has 0 aliphatic carbocycles. The van der Waals surface area contributed by atoms with E-state index in [1.165, 1.54) is 24.5 Å². The fraction of sp³-hybridized carbons (Fsp3) is 0.0714. The minimum absolute atomic E-state index is 0.0163. The van der Waals surface area contributed by atoms with Crippen LogP contribution in [0.1, 0.15) is 22.0 Å². The van der Waals surface area contributed by atoms with E-state index >= 15 is 0 Å². The number of rotatable bonds is 2. The van der Waals surface area contributed by atoms with E-state index in [2.05, 4.69) is 0 Å². The van der Waals surface area contributed by atoms with Crippen molar-refractivity contribution in [1.82, 2.24) is 0 Å². The van der Waals surface area contributed by atoms with E-state index in [0.717, 1.165) is 12.1 Å². The lowest BCUT2D eigenvalue weighted by Gasteiger charge is -2.12. The van der Waals surface area contributed by atoms with Gasteiger partial charge in [-0.3, -0.25) is 9.59 Å². The molecule has 3 amide bonds. The van der Waals surface area contributed by atoms with E-state index in [1.807, 2.05) is 0 Å². The average molecular weight is 288 g/mol. The maximum atomic E-state index is 13.3. The van der Waals surface area contributed by atoms with Gasteiger partial charge in [0.05, 0.1) is 12.0 Å². The van der Waals surface area contributed by atoms with Crippen LogP contribution < -0.4 is 10.6 Å². The van der Waals surface area contributed by atoms with Crippen molar-refractivity contribution in [1.29, 1.82) is 0 Å². The number of Topliss-reactive ketones (excluding diaryl/α,β-unsaturated/α-hetero) is 1. The highest BCUT2D eigenvalue weighted by atomic mass is 19.1. The molecule has 3 rings (SSSR count). The minimum atomic E-state index is -1.26. The van der Waals surface area contributed by atoms with E-state index in [9.17, 15) is 18.8 Å². The van der Waals surface area contributed by atoms with Crippen molar-refractivity contribution in [3.63, 3.8) is 0 Å². The molecule has 1 aliphatic heterocycles. The number of benzene rings is 1. The summed E-state index contributed by atoms with van der Waals surface area (Å²) in [6.07, 6.45) is 1.30. The molecule has 0 bridgehead atoms. The van der Waals surface area contributed by atoms with Crippen LogP contribution in [-0.4, -0.2) is 17.7 Å². The van der Waals surface area contributed by atoms with Crippen molar-refractivity contribution in [3.05, 3.63) is 53.7 Å². The van der Waals surface area contributed by atoms with E-state index in [-0.39, 0.29) is 17.0 Å². The lowest BCUT2D eigenvalue weighted by molar-refractivity contribution is -0.117. The summed E-state index contributed by atoms with van der Waals surface area (Å²) in [5.74, 6) is -3.35. The highest BCUT2D eigenvalue weighted by molar-refractivity contribution is 6.29. The number of furan rings is 1. The van der Waals surface area contributed by atoms with Gasteiger partial charge in [0.2, 0.25) is 5.78 Å². The quantitative estimate of drug-likeness (QED) is 0.673. The number of nitrogens with zero attached hydrogens (tertiary/aromatic N) is 1. The summed E-state index contributed by atoms with van der Waals surface area (Å²) in [5.41, 5.74) is 5.35. The third-order valence-corrected chi connectivity index (χ3v) is 3.26. The largest absolute Gasteiger partial charge is 0.461 e. The Morgan fingerprint density at radius 3 is 2.67 bits per heavy atom. The van der Waals surface area contributed by atoms with E-state index < -0.39 is 29.5 Å². The first-order chi connectivity index (χ1) is 10.0. The van der Waals surface area contributed by atoms with Crippen molar-refractivity contribution in [3.8, 4) is 0 Å². The zero-order valence-corrected chi connectivity index (χ0v) is 10.6. The van der Waals surface area contributed by atoms with Gasteiger partial charge in [-0.05, 0) is 29.8 Å². The maximum Gasteiger partial charge on any atom is 0.326 e. The van der Waals surface area contributed by atoms with Crippen LogP contribution in [0.15, 0.2) is 41.0 Å². The first-order valence-corrected chi connectivity index (χ1v) is 6.01. The van der Waals surface area contributed by atoms with Crippen LogP contribution in [0.25, 0.3) is 0 Å². The molecule has 1 aliphatic rings. The van der Waals surface area contributed by atoms with Gasteiger partial charge >= 0.3 is 6.03 Å². The van der Waals surface area contributed by atoms with Crippen molar-refractivity contribution in [2.24, 2.45) is 5.73 Å². The van der Waals surface area contributed by atoms with Gasteiger partial charge < -0.3 is 10.2 Å². The molecule has 0 radical (unpaired) electrons. The van der Waals surface area contributed by atoms with Crippen LogP contribution in [0, 0.1) is 5.82 Å². The predicted octanol–water partition coefficient (Wildman–Crippen LogP) is 1.81. The summed E-state index contributed by atoms with van der Waals surface area (Å²) in [6, 6.07) is 5.24. The Kier molecular flexibility index (Phi) is 2.83. The maximum absolute atomic E-state index is 13.3. The fourth-order valence-corrected chi connectivity index (χ4v) is 2.38. The Hall–Kier alpha value is -2.96. The van der Waals surface area contributed by atoms with Gasteiger partial charge in [0.1, 0.15) is 11.7 Å². The summed E-state index contributed by atoms with van der Waals surface area (Å²) >= 11 is 0. The summed E-state index contributed by atoms with van der Waals surface area (Å²) < 4.78 is 18.3.